The molecule has 2 aromatic rings. The van der Waals surface area contributed by atoms with Crippen molar-refractivity contribution >= 4 is 39.5 Å². The standard InChI is InChI=1S/C14H11BrS2/c1-8-9(2)14-13(7-10(8)15)16-11-5-3-4-6-12(11)17-14/h3-7H,1-2H3. The van der Waals surface area contributed by atoms with Gasteiger partial charge in [0.25, 0.3) is 0 Å². The lowest BCUT2D eigenvalue weighted by Gasteiger charge is -2.21. The second kappa shape index (κ2) is 4.38. The van der Waals surface area contributed by atoms with Gasteiger partial charge in [-0.25, -0.2) is 0 Å². The topological polar surface area (TPSA) is 0 Å². The minimum absolute atomic E-state index is 1.21. The zero-order valence-corrected chi connectivity index (χ0v) is 12.8. The van der Waals surface area contributed by atoms with Crippen LogP contribution in [-0.2, 0) is 0 Å². The summed E-state index contributed by atoms with van der Waals surface area (Å²) in [7, 11) is 0. The van der Waals surface area contributed by atoms with Crippen molar-refractivity contribution < 1.29 is 0 Å². The minimum Gasteiger partial charge on any atom is -0.0877 e. The second-order valence-electron chi connectivity index (χ2n) is 4.09. The number of benzene rings is 2. The largest absolute Gasteiger partial charge is 0.0877 e. The Labute approximate surface area is 118 Å². The van der Waals surface area contributed by atoms with Gasteiger partial charge < -0.3 is 0 Å². The van der Waals surface area contributed by atoms with E-state index in [1.54, 1.807) is 0 Å². The number of rotatable bonds is 0. The van der Waals surface area contributed by atoms with Crippen molar-refractivity contribution in [3.63, 3.8) is 0 Å². The molecule has 1 aliphatic rings. The van der Waals surface area contributed by atoms with E-state index < -0.39 is 0 Å². The maximum Gasteiger partial charge on any atom is 0.0295 e. The average Bonchev–Trinajstić information content (AvgIpc) is 2.34. The molecule has 0 aliphatic carbocycles. The van der Waals surface area contributed by atoms with Gasteiger partial charge in [0, 0.05) is 24.1 Å². The molecule has 3 rings (SSSR count). The first-order chi connectivity index (χ1) is 8.16. The molecule has 0 N–H and O–H groups in total. The van der Waals surface area contributed by atoms with Crippen LogP contribution in [0.1, 0.15) is 11.1 Å². The lowest BCUT2D eigenvalue weighted by atomic mass is 10.1. The molecule has 2 aromatic carbocycles. The van der Waals surface area contributed by atoms with Gasteiger partial charge >= 0.3 is 0 Å². The van der Waals surface area contributed by atoms with Crippen molar-refractivity contribution in [1.82, 2.24) is 0 Å². The molecule has 0 nitrogen and oxygen atoms in total. The summed E-state index contributed by atoms with van der Waals surface area (Å²) in [5, 5.41) is 0. The van der Waals surface area contributed by atoms with Crippen molar-refractivity contribution in [2.75, 3.05) is 0 Å². The van der Waals surface area contributed by atoms with Gasteiger partial charge in [-0.2, -0.15) is 0 Å². The molecule has 0 unspecified atom stereocenters. The Morgan fingerprint density at radius 1 is 0.882 bits per heavy atom. The van der Waals surface area contributed by atoms with Crippen LogP contribution in [-0.4, -0.2) is 0 Å². The van der Waals surface area contributed by atoms with Crippen LogP contribution in [0.2, 0.25) is 0 Å². The zero-order valence-electron chi connectivity index (χ0n) is 9.58. The van der Waals surface area contributed by atoms with Gasteiger partial charge in [-0.3, -0.25) is 0 Å². The number of halogens is 1. The molecular formula is C14H11BrS2. The highest BCUT2D eigenvalue weighted by Crippen LogP contribution is 2.51. The molecule has 1 heterocycles. The third kappa shape index (κ3) is 1.94. The van der Waals surface area contributed by atoms with Crippen molar-refractivity contribution in [2.24, 2.45) is 0 Å². The Balaban J connectivity index is 2.18. The minimum atomic E-state index is 1.21. The Morgan fingerprint density at radius 2 is 1.53 bits per heavy atom. The van der Waals surface area contributed by atoms with Crippen LogP contribution >= 0.6 is 39.5 Å². The number of hydrogen-bond acceptors (Lipinski definition) is 2. The Kier molecular flexibility index (Phi) is 3.01. The SMILES string of the molecule is Cc1c(Br)cc2c(c1C)Sc1ccccc1S2. The maximum absolute atomic E-state index is 3.64. The van der Waals surface area contributed by atoms with Crippen molar-refractivity contribution in [2.45, 2.75) is 33.4 Å². The summed E-state index contributed by atoms with van der Waals surface area (Å²) in [6, 6.07) is 10.9. The smallest absolute Gasteiger partial charge is 0.0295 e. The fraction of sp³-hybridized carbons (Fsp3) is 0.143. The van der Waals surface area contributed by atoms with Crippen molar-refractivity contribution in [3.8, 4) is 0 Å². The molecule has 0 spiro atoms. The van der Waals surface area contributed by atoms with Crippen LogP contribution in [0.15, 0.2) is 54.4 Å². The molecule has 3 heteroatoms. The van der Waals surface area contributed by atoms with E-state index in [-0.39, 0.29) is 0 Å². The predicted octanol–water partition coefficient (Wildman–Crippen LogP) is 5.68. The number of hydrogen-bond donors (Lipinski definition) is 0. The highest BCUT2D eigenvalue weighted by atomic mass is 79.9. The zero-order chi connectivity index (χ0) is 12.0. The maximum atomic E-state index is 3.64. The summed E-state index contributed by atoms with van der Waals surface area (Å²) in [4.78, 5) is 5.51. The molecular weight excluding hydrogens is 312 g/mol. The first-order valence-corrected chi connectivity index (χ1v) is 7.84. The van der Waals surface area contributed by atoms with Crippen molar-refractivity contribution in [3.05, 3.63) is 45.9 Å². The second-order valence-corrected chi connectivity index (χ2v) is 7.08. The lowest BCUT2D eigenvalue weighted by Crippen LogP contribution is -1.95. The van der Waals surface area contributed by atoms with Gasteiger partial charge in [0.2, 0.25) is 0 Å². The van der Waals surface area contributed by atoms with Crippen LogP contribution in [0.5, 0.6) is 0 Å². The van der Waals surface area contributed by atoms with Gasteiger partial charge in [0.1, 0.15) is 0 Å². The molecule has 0 aromatic heterocycles. The van der Waals surface area contributed by atoms with Gasteiger partial charge in [-0.15, -0.1) is 0 Å². The molecule has 1 aliphatic heterocycles. The van der Waals surface area contributed by atoms with Gasteiger partial charge in [0.15, 0.2) is 0 Å². The molecule has 0 fully saturated rings. The van der Waals surface area contributed by atoms with Crippen LogP contribution in [0, 0.1) is 13.8 Å². The highest BCUT2D eigenvalue weighted by molar-refractivity contribution is 9.10. The Morgan fingerprint density at radius 3 is 2.24 bits per heavy atom. The summed E-state index contributed by atoms with van der Waals surface area (Å²) >= 11 is 7.40. The summed E-state index contributed by atoms with van der Waals surface area (Å²) in [6.45, 7) is 4.38. The summed E-state index contributed by atoms with van der Waals surface area (Å²) in [6.07, 6.45) is 0. The average molecular weight is 323 g/mol. The molecule has 0 saturated carbocycles. The molecule has 0 amide bonds. The molecule has 0 saturated heterocycles. The fourth-order valence-electron chi connectivity index (χ4n) is 1.87. The summed E-state index contributed by atoms with van der Waals surface area (Å²) in [5.41, 5.74) is 2.73. The van der Waals surface area contributed by atoms with Gasteiger partial charge in [-0.1, -0.05) is 51.6 Å². The van der Waals surface area contributed by atoms with E-state index in [1.807, 2.05) is 23.5 Å². The van der Waals surface area contributed by atoms with E-state index in [4.69, 9.17) is 0 Å². The van der Waals surface area contributed by atoms with Crippen LogP contribution in [0.3, 0.4) is 0 Å². The van der Waals surface area contributed by atoms with Gasteiger partial charge in [-0.05, 0) is 43.2 Å². The summed E-state index contributed by atoms with van der Waals surface area (Å²) < 4.78 is 1.21. The number of fused-ring (bicyclic) bond motifs is 2. The Bertz CT molecular complexity index is 605. The quantitative estimate of drug-likeness (QED) is 0.522. The van der Waals surface area contributed by atoms with E-state index in [9.17, 15) is 0 Å². The first-order valence-electron chi connectivity index (χ1n) is 5.41. The van der Waals surface area contributed by atoms with E-state index in [2.05, 4.69) is 60.1 Å². The van der Waals surface area contributed by atoms with E-state index in [0.29, 0.717) is 0 Å². The van der Waals surface area contributed by atoms with E-state index in [1.165, 1.54) is 35.2 Å². The molecule has 0 atom stereocenters. The predicted molar refractivity (Wildman–Crippen MR) is 78.3 cm³/mol. The molecule has 0 bridgehead atoms. The van der Waals surface area contributed by atoms with Crippen molar-refractivity contribution in [1.29, 1.82) is 0 Å². The third-order valence-electron chi connectivity index (χ3n) is 3.02. The van der Waals surface area contributed by atoms with E-state index >= 15 is 0 Å². The highest BCUT2D eigenvalue weighted by Gasteiger charge is 2.20. The third-order valence-corrected chi connectivity index (χ3v) is 6.53. The molecule has 17 heavy (non-hydrogen) atoms. The summed E-state index contributed by atoms with van der Waals surface area (Å²) in [5.74, 6) is 0. The monoisotopic (exact) mass is 322 g/mol. The van der Waals surface area contributed by atoms with E-state index in [0.717, 1.165) is 0 Å². The fourth-order valence-corrected chi connectivity index (χ4v) is 5.03. The lowest BCUT2D eigenvalue weighted by molar-refractivity contribution is 1.08. The molecule has 86 valence electrons. The van der Waals surface area contributed by atoms with Crippen LogP contribution < -0.4 is 0 Å². The normalized spacial score (nSPS) is 13.1. The van der Waals surface area contributed by atoms with Gasteiger partial charge in [0.05, 0.1) is 0 Å². The Hall–Kier alpha value is -0.380. The first kappa shape index (κ1) is 11.7. The van der Waals surface area contributed by atoms with Crippen LogP contribution in [0.25, 0.3) is 0 Å². The van der Waals surface area contributed by atoms with Crippen LogP contribution in [0.4, 0.5) is 0 Å². The molecule has 0 radical (unpaired) electrons.